The van der Waals surface area contributed by atoms with Gasteiger partial charge in [0.1, 0.15) is 6.61 Å². The fourth-order valence-electron chi connectivity index (χ4n) is 2.60. The van der Waals surface area contributed by atoms with E-state index in [0.29, 0.717) is 19.1 Å². The predicted molar refractivity (Wildman–Crippen MR) is 101 cm³/mol. The minimum atomic E-state index is -0.136. The van der Waals surface area contributed by atoms with Gasteiger partial charge in [-0.05, 0) is 38.3 Å². The molecule has 2 unspecified atom stereocenters. The van der Waals surface area contributed by atoms with Crippen LogP contribution in [0.5, 0.6) is 0 Å². The molecule has 0 saturated heterocycles. The minimum absolute atomic E-state index is 0.0652. The number of rotatable bonds is 14. The Kier molecular flexibility index (Phi) is 13.5. The lowest BCUT2D eigenvalue weighted by Gasteiger charge is -2.19. The molecule has 0 rings (SSSR count). The van der Waals surface area contributed by atoms with Crippen LogP contribution in [0.25, 0.3) is 0 Å². The summed E-state index contributed by atoms with van der Waals surface area (Å²) in [6.45, 7) is 15.8. The van der Waals surface area contributed by atoms with E-state index in [1.807, 2.05) is 27.7 Å². The summed E-state index contributed by atoms with van der Waals surface area (Å²) in [6.07, 6.45) is 3.13. The molecular formula is C20H39NO4. The van der Waals surface area contributed by atoms with E-state index in [4.69, 9.17) is 9.47 Å². The van der Waals surface area contributed by atoms with Crippen LogP contribution in [0.3, 0.4) is 0 Å². The van der Waals surface area contributed by atoms with Gasteiger partial charge in [-0.15, -0.1) is 0 Å². The van der Waals surface area contributed by atoms with E-state index in [-0.39, 0.29) is 23.8 Å². The first-order valence-electron chi connectivity index (χ1n) is 9.91. The van der Waals surface area contributed by atoms with Crippen molar-refractivity contribution in [3.63, 3.8) is 0 Å². The van der Waals surface area contributed by atoms with Gasteiger partial charge in [-0.2, -0.15) is 0 Å². The molecule has 148 valence electrons. The first-order valence-corrected chi connectivity index (χ1v) is 9.91. The molecule has 0 saturated carbocycles. The molecule has 2 atom stereocenters. The maximum Gasteiger partial charge on any atom is 0.308 e. The van der Waals surface area contributed by atoms with Crippen molar-refractivity contribution in [2.75, 3.05) is 32.8 Å². The van der Waals surface area contributed by atoms with Crippen molar-refractivity contribution in [3.05, 3.63) is 0 Å². The van der Waals surface area contributed by atoms with E-state index in [9.17, 15) is 9.59 Å². The van der Waals surface area contributed by atoms with Crippen molar-refractivity contribution in [2.45, 2.75) is 67.2 Å². The number of nitrogens with zero attached hydrogens (tertiary/aromatic N) is 1. The van der Waals surface area contributed by atoms with Gasteiger partial charge in [-0.3, -0.25) is 9.59 Å². The summed E-state index contributed by atoms with van der Waals surface area (Å²) < 4.78 is 10.7. The lowest BCUT2D eigenvalue weighted by atomic mass is 9.96. The molecule has 0 aromatic carbocycles. The molecule has 0 amide bonds. The Morgan fingerprint density at radius 2 is 1.56 bits per heavy atom. The quantitative estimate of drug-likeness (QED) is 0.441. The molecule has 0 fully saturated rings. The highest BCUT2D eigenvalue weighted by Crippen LogP contribution is 2.18. The van der Waals surface area contributed by atoms with Gasteiger partial charge in [0.25, 0.3) is 0 Å². The maximum absolute atomic E-state index is 12.0. The van der Waals surface area contributed by atoms with Crippen molar-refractivity contribution in [3.8, 4) is 0 Å². The first-order chi connectivity index (χ1) is 11.8. The highest BCUT2D eigenvalue weighted by Gasteiger charge is 2.20. The topological polar surface area (TPSA) is 55.8 Å². The zero-order valence-electron chi connectivity index (χ0n) is 17.2. The Labute approximate surface area is 154 Å². The smallest absolute Gasteiger partial charge is 0.308 e. The molecule has 0 aliphatic heterocycles. The third-order valence-electron chi connectivity index (χ3n) is 4.52. The number of ether oxygens (including phenoxy) is 2. The van der Waals surface area contributed by atoms with Gasteiger partial charge in [0.15, 0.2) is 0 Å². The van der Waals surface area contributed by atoms with E-state index >= 15 is 0 Å². The van der Waals surface area contributed by atoms with Crippen LogP contribution in [0.15, 0.2) is 0 Å². The van der Waals surface area contributed by atoms with Crippen molar-refractivity contribution >= 4 is 11.9 Å². The molecule has 5 nitrogen and oxygen atoms in total. The van der Waals surface area contributed by atoms with Gasteiger partial charge >= 0.3 is 11.9 Å². The summed E-state index contributed by atoms with van der Waals surface area (Å²) in [4.78, 5) is 26.3. The molecule has 0 aromatic heterocycles. The second kappa shape index (κ2) is 14.1. The summed E-state index contributed by atoms with van der Waals surface area (Å²) >= 11 is 0. The second-order valence-corrected chi connectivity index (χ2v) is 7.16. The SMILES string of the molecule is CCC(CCCC(C)C(=O)OCCN(CC)CC)C(=O)OCC(C)C. The number of hydrogen-bond acceptors (Lipinski definition) is 5. The van der Waals surface area contributed by atoms with Crippen molar-refractivity contribution < 1.29 is 19.1 Å². The van der Waals surface area contributed by atoms with Crippen LogP contribution in [0, 0.1) is 17.8 Å². The fourth-order valence-corrected chi connectivity index (χ4v) is 2.60. The highest BCUT2D eigenvalue weighted by molar-refractivity contribution is 5.72. The van der Waals surface area contributed by atoms with Gasteiger partial charge in [0.05, 0.1) is 18.4 Å². The molecule has 0 spiro atoms. The zero-order chi connectivity index (χ0) is 19.2. The number of carbonyl (C=O) groups is 2. The predicted octanol–water partition coefficient (Wildman–Crippen LogP) is 3.90. The monoisotopic (exact) mass is 357 g/mol. The van der Waals surface area contributed by atoms with E-state index in [1.54, 1.807) is 0 Å². The Morgan fingerprint density at radius 1 is 0.920 bits per heavy atom. The number of likely N-dealkylation sites (N-methyl/N-ethyl adjacent to an activating group) is 1. The van der Waals surface area contributed by atoms with Crippen LogP contribution in [0.2, 0.25) is 0 Å². The van der Waals surface area contributed by atoms with E-state index in [2.05, 4.69) is 18.7 Å². The van der Waals surface area contributed by atoms with Crippen molar-refractivity contribution in [2.24, 2.45) is 17.8 Å². The maximum atomic E-state index is 12.0. The molecule has 0 aliphatic rings. The van der Waals surface area contributed by atoms with Crippen molar-refractivity contribution in [1.29, 1.82) is 0 Å². The average molecular weight is 358 g/mol. The van der Waals surface area contributed by atoms with Gasteiger partial charge in [-0.25, -0.2) is 0 Å². The Hall–Kier alpha value is -1.10. The summed E-state index contributed by atoms with van der Waals surface area (Å²) in [6, 6.07) is 0. The first kappa shape index (κ1) is 23.9. The molecule has 0 aliphatic carbocycles. The molecule has 0 heterocycles. The highest BCUT2D eigenvalue weighted by atomic mass is 16.5. The zero-order valence-corrected chi connectivity index (χ0v) is 17.2. The molecule has 0 N–H and O–H groups in total. The van der Waals surface area contributed by atoms with Crippen LogP contribution in [-0.4, -0.2) is 49.7 Å². The van der Waals surface area contributed by atoms with Gasteiger partial charge in [-0.1, -0.05) is 48.0 Å². The van der Waals surface area contributed by atoms with Gasteiger partial charge in [0, 0.05) is 6.54 Å². The second-order valence-electron chi connectivity index (χ2n) is 7.16. The molecule has 0 bridgehead atoms. The molecule has 5 heteroatoms. The molecule has 0 aromatic rings. The number of esters is 2. The van der Waals surface area contributed by atoms with Crippen LogP contribution >= 0.6 is 0 Å². The third-order valence-corrected chi connectivity index (χ3v) is 4.52. The largest absolute Gasteiger partial charge is 0.465 e. The Morgan fingerprint density at radius 3 is 2.08 bits per heavy atom. The van der Waals surface area contributed by atoms with E-state index in [1.165, 1.54) is 0 Å². The number of carbonyl (C=O) groups excluding carboxylic acids is 2. The number of hydrogen-bond donors (Lipinski definition) is 0. The summed E-state index contributed by atoms with van der Waals surface area (Å²) in [5.74, 6) is -0.0774. The van der Waals surface area contributed by atoms with Crippen molar-refractivity contribution in [1.82, 2.24) is 4.90 Å². The molecular weight excluding hydrogens is 318 g/mol. The van der Waals surface area contributed by atoms with Gasteiger partial charge < -0.3 is 14.4 Å². The Balaban J connectivity index is 4.03. The standard InChI is InChI=1S/C20H39NO4/c1-7-18(20(23)25-15-16(4)5)12-10-11-17(6)19(22)24-14-13-21(8-2)9-3/h16-18H,7-15H2,1-6H3. The Bertz CT molecular complexity index is 367. The van der Waals surface area contributed by atoms with Crippen LogP contribution in [-0.2, 0) is 19.1 Å². The summed E-state index contributed by atoms with van der Waals surface area (Å²) in [7, 11) is 0. The van der Waals surface area contributed by atoms with Crippen LogP contribution in [0.1, 0.15) is 67.2 Å². The van der Waals surface area contributed by atoms with Gasteiger partial charge in [0.2, 0.25) is 0 Å². The van der Waals surface area contributed by atoms with E-state index in [0.717, 1.165) is 45.3 Å². The third kappa shape index (κ3) is 11.2. The van der Waals surface area contributed by atoms with Crippen LogP contribution in [0.4, 0.5) is 0 Å². The normalized spacial score (nSPS) is 13.8. The average Bonchev–Trinajstić information content (AvgIpc) is 2.59. The van der Waals surface area contributed by atoms with Crippen LogP contribution < -0.4 is 0 Å². The fraction of sp³-hybridized carbons (Fsp3) is 0.900. The summed E-state index contributed by atoms with van der Waals surface area (Å²) in [5, 5.41) is 0. The van der Waals surface area contributed by atoms with E-state index < -0.39 is 0 Å². The summed E-state index contributed by atoms with van der Waals surface area (Å²) in [5.41, 5.74) is 0. The minimum Gasteiger partial charge on any atom is -0.465 e. The lowest BCUT2D eigenvalue weighted by Crippen LogP contribution is -2.28. The molecule has 0 radical (unpaired) electrons. The lowest BCUT2D eigenvalue weighted by molar-refractivity contribution is -0.150. The molecule has 25 heavy (non-hydrogen) atoms.